The maximum absolute atomic E-state index is 12.7. The lowest BCUT2D eigenvalue weighted by Gasteiger charge is -2.16. The molecular formula is C30H26O4S. The standard InChI is InChI=1S/C30H26O4S/c1-19-16-24(8-14-28(19)32)21(3)25-9-15-29(20(2)17-25)34-30(33)23-6-12-27(13-7-23)35-26-10-4-22(18-31)5-11-26/h4-18,21,32H,1-3H3. The molecule has 0 aliphatic carbocycles. The average molecular weight is 483 g/mol. The van der Waals surface area contributed by atoms with Crippen molar-refractivity contribution in [2.24, 2.45) is 0 Å². The Morgan fingerprint density at radius 3 is 1.97 bits per heavy atom. The molecule has 0 aromatic heterocycles. The number of phenols is 1. The van der Waals surface area contributed by atoms with Crippen LogP contribution in [0, 0.1) is 13.8 Å². The zero-order valence-electron chi connectivity index (χ0n) is 19.8. The maximum Gasteiger partial charge on any atom is 0.343 e. The van der Waals surface area contributed by atoms with Crippen LogP contribution in [0.25, 0.3) is 0 Å². The molecule has 0 fully saturated rings. The number of ether oxygens (including phenoxy) is 1. The molecule has 0 amide bonds. The van der Waals surface area contributed by atoms with Crippen LogP contribution >= 0.6 is 11.8 Å². The number of esters is 1. The predicted molar refractivity (Wildman–Crippen MR) is 139 cm³/mol. The van der Waals surface area contributed by atoms with E-state index in [-0.39, 0.29) is 5.92 Å². The molecule has 0 spiro atoms. The van der Waals surface area contributed by atoms with E-state index in [9.17, 15) is 14.7 Å². The first-order valence-electron chi connectivity index (χ1n) is 11.3. The number of carbonyl (C=O) groups excluding carboxylic acids is 2. The molecule has 0 saturated carbocycles. The van der Waals surface area contributed by atoms with E-state index in [0.717, 1.165) is 38.3 Å². The van der Waals surface area contributed by atoms with Crippen molar-refractivity contribution in [2.75, 3.05) is 0 Å². The number of rotatable bonds is 7. The molecule has 1 N–H and O–H groups in total. The van der Waals surface area contributed by atoms with Crippen LogP contribution in [0.3, 0.4) is 0 Å². The predicted octanol–water partition coefficient (Wildman–Crippen LogP) is 7.34. The number of hydrogen-bond acceptors (Lipinski definition) is 5. The molecule has 1 atom stereocenters. The Morgan fingerprint density at radius 1 is 0.829 bits per heavy atom. The van der Waals surface area contributed by atoms with Crippen molar-refractivity contribution < 1.29 is 19.4 Å². The lowest BCUT2D eigenvalue weighted by molar-refractivity contribution is 0.0733. The van der Waals surface area contributed by atoms with Gasteiger partial charge < -0.3 is 9.84 Å². The molecule has 0 radical (unpaired) electrons. The van der Waals surface area contributed by atoms with Gasteiger partial charge >= 0.3 is 5.97 Å². The summed E-state index contributed by atoms with van der Waals surface area (Å²) in [5.41, 5.74) is 5.06. The summed E-state index contributed by atoms with van der Waals surface area (Å²) in [5.74, 6) is 0.549. The molecule has 0 saturated heterocycles. The van der Waals surface area contributed by atoms with Crippen LogP contribution in [-0.2, 0) is 0 Å². The van der Waals surface area contributed by atoms with Crippen LogP contribution in [0.2, 0.25) is 0 Å². The topological polar surface area (TPSA) is 63.6 Å². The third-order valence-corrected chi connectivity index (χ3v) is 6.98. The highest BCUT2D eigenvalue weighted by Gasteiger charge is 2.14. The zero-order chi connectivity index (χ0) is 24.9. The fraction of sp³-hybridized carbons (Fsp3) is 0.133. The molecule has 0 aliphatic rings. The Balaban J connectivity index is 1.42. The Morgan fingerprint density at radius 2 is 1.40 bits per heavy atom. The summed E-state index contributed by atoms with van der Waals surface area (Å²) in [6.07, 6.45) is 0.821. The van der Waals surface area contributed by atoms with Crippen molar-refractivity contribution in [3.63, 3.8) is 0 Å². The number of benzene rings is 4. The lowest BCUT2D eigenvalue weighted by Crippen LogP contribution is -2.09. The van der Waals surface area contributed by atoms with E-state index in [0.29, 0.717) is 22.6 Å². The third kappa shape index (κ3) is 5.81. The van der Waals surface area contributed by atoms with Crippen LogP contribution in [-0.4, -0.2) is 17.4 Å². The van der Waals surface area contributed by atoms with Crippen molar-refractivity contribution >= 4 is 24.0 Å². The van der Waals surface area contributed by atoms with E-state index in [1.807, 2.05) is 68.4 Å². The molecule has 4 aromatic rings. The van der Waals surface area contributed by atoms with Gasteiger partial charge in [-0.1, -0.05) is 55.1 Å². The van der Waals surface area contributed by atoms with Crippen LogP contribution in [0.1, 0.15) is 55.8 Å². The van der Waals surface area contributed by atoms with Crippen molar-refractivity contribution in [3.05, 3.63) is 118 Å². The van der Waals surface area contributed by atoms with Crippen LogP contribution < -0.4 is 4.74 Å². The fourth-order valence-electron chi connectivity index (χ4n) is 3.77. The number of hydrogen-bond donors (Lipinski definition) is 1. The van der Waals surface area contributed by atoms with E-state index in [1.165, 1.54) is 0 Å². The van der Waals surface area contributed by atoms with Crippen molar-refractivity contribution in [2.45, 2.75) is 36.5 Å². The summed E-state index contributed by atoms with van der Waals surface area (Å²) in [4.78, 5) is 25.5. The van der Waals surface area contributed by atoms with Crippen LogP contribution in [0.5, 0.6) is 11.5 Å². The molecule has 4 rings (SSSR count). The Labute approximate surface area is 209 Å². The van der Waals surface area contributed by atoms with Gasteiger partial charge in [0, 0.05) is 21.3 Å². The van der Waals surface area contributed by atoms with Gasteiger partial charge in [0.25, 0.3) is 0 Å². The Kier molecular flexibility index (Phi) is 7.37. The van der Waals surface area contributed by atoms with Crippen molar-refractivity contribution in [1.82, 2.24) is 0 Å². The Bertz CT molecular complexity index is 1360. The second kappa shape index (κ2) is 10.6. The number of aryl methyl sites for hydroxylation is 2. The molecule has 4 nitrogen and oxygen atoms in total. The molecule has 5 heteroatoms. The molecule has 35 heavy (non-hydrogen) atoms. The smallest absolute Gasteiger partial charge is 0.343 e. The molecule has 0 aliphatic heterocycles. The molecule has 176 valence electrons. The first-order chi connectivity index (χ1) is 16.8. The second-order valence-corrected chi connectivity index (χ2v) is 9.64. The maximum atomic E-state index is 12.7. The second-order valence-electron chi connectivity index (χ2n) is 8.50. The van der Waals surface area contributed by atoms with Crippen LogP contribution in [0.4, 0.5) is 0 Å². The largest absolute Gasteiger partial charge is 0.508 e. The highest BCUT2D eigenvalue weighted by Crippen LogP contribution is 2.31. The fourth-order valence-corrected chi connectivity index (χ4v) is 4.58. The summed E-state index contributed by atoms with van der Waals surface area (Å²) in [6, 6.07) is 26.1. The lowest BCUT2D eigenvalue weighted by atomic mass is 9.91. The van der Waals surface area contributed by atoms with Crippen LogP contribution in [0.15, 0.2) is 94.7 Å². The van der Waals surface area contributed by atoms with Gasteiger partial charge in [0.05, 0.1) is 5.56 Å². The normalized spacial score (nSPS) is 11.6. The van der Waals surface area contributed by atoms with Gasteiger partial charge in [0.2, 0.25) is 0 Å². The molecular weight excluding hydrogens is 456 g/mol. The first-order valence-corrected chi connectivity index (χ1v) is 12.1. The quantitative estimate of drug-likeness (QED) is 0.170. The minimum absolute atomic E-state index is 0.137. The average Bonchev–Trinajstić information content (AvgIpc) is 2.87. The summed E-state index contributed by atoms with van der Waals surface area (Å²) < 4.78 is 5.68. The van der Waals surface area contributed by atoms with Gasteiger partial charge in [-0.3, -0.25) is 4.79 Å². The summed E-state index contributed by atoms with van der Waals surface area (Å²) in [5, 5.41) is 9.79. The van der Waals surface area contributed by atoms with Gasteiger partial charge in [0.1, 0.15) is 17.8 Å². The molecule has 4 aromatic carbocycles. The highest BCUT2D eigenvalue weighted by atomic mass is 32.2. The molecule has 0 bridgehead atoms. The van der Waals surface area contributed by atoms with E-state index in [4.69, 9.17) is 4.74 Å². The van der Waals surface area contributed by atoms with Crippen molar-refractivity contribution in [1.29, 1.82) is 0 Å². The summed E-state index contributed by atoms with van der Waals surface area (Å²) >= 11 is 1.56. The van der Waals surface area contributed by atoms with Gasteiger partial charge in [-0.15, -0.1) is 0 Å². The first kappa shape index (κ1) is 24.3. The third-order valence-electron chi connectivity index (χ3n) is 5.96. The van der Waals surface area contributed by atoms with E-state index < -0.39 is 5.97 Å². The van der Waals surface area contributed by atoms with Gasteiger partial charge in [-0.2, -0.15) is 0 Å². The van der Waals surface area contributed by atoms with E-state index in [1.54, 1.807) is 42.1 Å². The van der Waals surface area contributed by atoms with Gasteiger partial charge in [-0.25, -0.2) is 4.79 Å². The molecule has 1 unspecified atom stereocenters. The van der Waals surface area contributed by atoms with E-state index in [2.05, 4.69) is 6.92 Å². The summed E-state index contributed by atoms with van der Waals surface area (Å²) in [6.45, 7) is 5.93. The SMILES string of the molecule is Cc1cc(C(C)c2ccc(OC(=O)c3ccc(Sc4ccc(C=O)cc4)cc3)c(C)c2)ccc1O. The number of aldehydes is 1. The summed E-state index contributed by atoms with van der Waals surface area (Å²) in [7, 11) is 0. The monoisotopic (exact) mass is 482 g/mol. The Hall–Kier alpha value is -3.83. The van der Waals surface area contributed by atoms with Gasteiger partial charge in [0.15, 0.2) is 0 Å². The number of aromatic hydroxyl groups is 1. The number of carbonyl (C=O) groups is 2. The van der Waals surface area contributed by atoms with E-state index >= 15 is 0 Å². The van der Waals surface area contributed by atoms with Gasteiger partial charge in [-0.05, 0) is 84.6 Å². The van der Waals surface area contributed by atoms with Crippen molar-refractivity contribution in [3.8, 4) is 11.5 Å². The minimum atomic E-state index is -0.407. The minimum Gasteiger partial charge on any atom is -0.508 e. The number of phenolic OH excluding ortho intramolecular Hbond substituents is 1. The highest BCUT2D eigenvalue weighted by molar-refractivity contribution is 7.99. The molecule has 0 heterocycles. The zero-order valence-corrected chi connectivity index (χ0v) is 20.6.